The monoisotopic (exact) mass is 560 g/mol. The summed E-state index contributed by atoms with van der Waals surface area (Å²) < 4.78 is 21.7. The number of hydrogen-bond acceptors (Lipinski definition) is 9. The summed E-state index contributed by atoms with van der Waals surface area (Å²) in [6.07, 6.45) is -1.39. The molecule has 0 spiro atoms. The fourth-order valence-corrected chi connectivity index (χ4v) is 4.77. The van der Waals surface area contributed by atoms with Crippen LogP contribution in [0.15, 0.2) is 30.3 Å². The van der Waals surface area contributed by atoms with Crippen molar-refractivity contribution < 1.29 is 38.1 Å². The molecule has 1 unspecified atom stereocenters. The largest absolute Gasteiger partial charge is 0.497 e. The summed E-state index contributed by atoms with van der Waals surface area (Å²) in [4.78, 5) is 54.2. The van der Waals surface area contributed by atoms with E-state index in [1.807, 2.05) is 20.8 Å². The highest BCUT2D eigenvalue weighted by Crippen LogP contribution is 2.29. The molecule has 2 amide bonds. The molecule has 1 aliphatic rings. The lowest BCUT2D eigenvalue weighted by Gasteiger charge is -2.29. The van der Waals surface area contributed by atoms with Crippen LogP contribution in [0.1, 0.15) is 61.7 Å². The van der Waals surface area contributed by atoms with Crippen LogP contribution in [0.25, 0.3) is 0 Å². The Morgan fingerprint density at radius 1 is 1.00 bits per heavy atom. The van der Waals surface area contributed by atoms with E-state index >= 15 is 0 Å². The van der Waals surface area contributed by atoms with Crippen molar-refractivity contribution >= 4 is 35.1 Å². The summed E-state index contributed by atoms with van der Waals surface area (Å²) in [5, 5.41) is 2.58. The maximum absolute atomic E-state index is 13.1. The van der Waals surface area contributed by atoms with Gasteiger partial charge in [-0.15, -0.1) is 11.3 Å². The predicted molar refractivity (Wildman–Crippen MR) is 145 cm³/mol. The van der Waals surface area contributed by atoms with Crippen LogP contribution in [-0.4, -0.2) is 66.2 Å². The van der Waals surface area contributed by atoms with E-state index in [0.717, 1.165) is 10.4 Å². The smallest absolute Gasteiger partial charge is 0.410 e. The molecule has 0 radical (unpaired) electrons. The molecule has 39 heavy (non-hydrogen) atoms. The van der Waals surface area contributed by atoms with Gasteiger partial charge in [0, 0.05) is 17.5 Å². The van der Waals surface area contributed by atoms with E-state index in [2.05, 4.69) is 5.32 Å². The summed E-state index contributed by atoms with van der Waals surface area (Å²) in [6, 6.07) is 8.21. The number of rotatable bonds is 8. The highest BCUT2D eigenvalue weighted by Gasteiger charge is 2.34. The van der Waals surface area contributed by atoms with Crippen LogP contribution in [0.2, 0.25) is 0 Å². The molecule has 0 fully saturated rings. The number of thiophene rings is 1. The maximum atomic E-state index is 13.1. The quantitative estimate of drug-likeness (QED) is 0.378. The van der Waals surface area contributed by atoms with Crippen molar-refractivity contribution in [1.82, 2.24) is 10.2 Å². The molecule has 1 atom stereocenters. The number of ether oxygens (including phenoxy) is 4. The molecule has 0 saturated carbocycles. The SMILES string of the molecule is COc1cccc(OC(C(=O)CNC(=O)c2cc3c(s2)CCN(C(=O)OC(C)(C)C)C3)C(=O)OC(C)(C)C)c1. The van der Waals surface area contributed by atoms with Gasteiger partial charge in [0.1, 0.15) is 22.7 Å². The summed E-state index contributed by atoms with van der Waals surface area (Å²) in [7, 11) is 1.49. The zero-order valence-corrected chi connectivity index (χ0v) is 24.2. The van der Waals surface area contributed by atoms with Gasteiger partial charge in [-0.3, -0.25) is 9.59 Å². The highest BCUT2D eigenvalue weighted by molar-refractivity contribution is 7.14. The van der Waals surface area contributed by atoms with E-state index in [-0.39, 0.29) is 5.75 Å². The predicted octanol–water partition coefficient (Wildman–Crippen LogP) is 4.14. The second-order valence-corrected chi connectivity index (χ2v) is 12.2. The van der Waals surface area contributed by atoms with E-state index in [9.17, 15) is 19.2 Å². The number of nitrogens with one attached hydrogen (secondary N) is 1. The van der Waals surface area contributed by atoms with Gasteiger partial charge >= 0.3 is 12.1 Å². The molecular formula is C28H36N2O8S. The number of Topliss-reactive ketones (excluding diaryl/α,β-unsaturated/α-hetero) is 1. The van der Waals surface area contributed by atoms with Crippen LogP contribution in [-0.2, 0) is 32.0 Å². The molecule has 1 aromatic carbocycles. The van der Waals surface area contributed by atoms with Gasteiger partial charge in [0.25, 0.3) is 12.0 Å². The number of nitrogens with zero attached hydrogens (tertiary/aromatic N) is 1. The minimum absolute atomic E-state index is 0.241. The average Bonchev–Trinajstić information content (AvgIpc) is 3.27. The van der Waals surface area contributed by atoms with Gasteiger partial charge in [-0.05, 0) is 71.7 Å². The highest BCUT2D eigenvalue weighted by atomic mass is 32.1. The van der Waals surface area contributed by atoms with Crippen molar-refractivity contribution in [3.05, 3.63) is 45.6 Å². The third-order valence-electron chi connectivity index (χ3n) is 5.37. The molecule has 3 rings (SSSR count). The van der Waals surface area contributed by atoms with E-state index < -0.39 is 47.6 Å². The topological polar surface area (TPSA) is 120 Å². The van der Waals surface area contributed by atoms with Gasteiger partial charge < -0.3 is 29.2 Å². The first-order valence-corrected chi connectivity index (χ1v) is 13.4. The molecule has 2 heterocycles. The van der Waals surface area contributed by atoms with Crippen molar-refractivity contribution in [1.29, 1.82) is 0 Å². The zero-order chi connectivity index (χ0) is 29.0. The molecule has 11 heteroatoms. The summed E-state index contributed by atoms with van der Waals surface area (Å²) in [5.41, 5.74) is -0.585. The van der Waals surface area contributed by atoms with Crippen LogP contribution >= 0.6 is 11.3 Å². The molecule has 10 nitrogen and oxygen atoms in total. The lowest BCUT2D eigenvalue weighted by atomic mass is 10.1. The van der Waals surface area contributed by atoms with Gasteiger partial charge in [0.05, 0.1) is 25.1 Å². The summed E-state index contributed by atoms with van der Waals surface area (Å²) in [5.74, 6) is -1.26. The number of hydrogen-bond donors (Lipinski definition) is 1. The first-order chi connectivity index (χ1) is 18.1. The number of methoxy groups -OCH3 is 1. The third kappa shape index (κ3) is 8.71. The van der Waals surface area contributed by atoms with E-state index in [0.29, 0.717) is 30.1 Å². The van der Waals surface area contributed by atoms with Crippen LogP contribution in [0.4, 0.5) is 4.79 Å². The fraction of sp³-hybridized carbons (Fsp3) is 0.500. The zero-order valence-electron chi connectivity index (χ0n) is 23.4. The lowest BCUT2D eigenvalue weighted by Crippen LogP contribution is -2.45. The van der Waals surface area contributed by atoms with Gasteiger partial charge in [0.2, 0.25) is 5.78 Å². The number of carbonyl (C=O) groups is 4. The Balaban J connectivity index is 1.67. The molecule has 2 aromatic rings. The minimum Gasteiger partial charge on any atom is -0.497 e. The van der Waals surface area contributed by atoms with Gasteiger partial charge in [-0.25, -0.2) is 9.59 Å². The Bertz CT molecular complexity index is 1220. The first kappa shape index (κ1) is 29.9. The van der Waals surface area contributed by atoms with Crippen molar-refractivity contribution in [3.8, 4) is 11.5 Å². The second kappa shape index (κ2) is 12.1. The standard InChI is InChI=1S/C28H36N2O8S/c1-27(2,3)37-25(33)23(36-19-10-8-9-18(14-19)35-7)20(31)15-29-24(32)22-13-17-16-30(12-11-21(17)39-22)26(34)38-28(4,5)6/h8-10,13-14,23H,11-12,15-16H2,1-7H3,(H,29,32). The van der Waals surface area contributed by atoms with E-state index in [1.165, 1.54) is 18.4 Å². The molecule has 0 bridgehead atoms. The fourth-order valence-electron chi connectivity index (χ4n) is 3.69. The average molecular weight is 561 g/mol. The van der Waals surface area contributed by atoms with Crippen LogP contribution in [0.5, 0.6) is 11.5 Å². The second-order valence-electron chi connectivity index (χ2n) is 11.1. The molecule has 1 N–H and O–H groups in total. The normalized spacial score (nSPS) is 14.1. The minimum atomic E-state index is -1.59. The van der Waals surface area contributed by atoms with Crippen LogP contribution < -0.4 is 14.8 Å². The van der Waals surface area contributed by atoms with E-state index in [1.54, 1.807) is 56.0 Å². The first-order valence-electron chi connectivity index (χ1n) is 12.6. The summed E-state index contributed by atoms with van der Waals surface area (Å²) >= 11 is 1.31. The Morgan fingerprint density at radius 3 is 2.31 bits per heavy atom. The third-order valence-corrected chi connectivity index (χ3v) is 6.61. The Labute approximate surface area is 232 Å². The van der Waals surface area contributed by atoms with Crippen molar-refractivity contribution in [2.45, 2.75) is 71.8 Å². The van der Waals surface area contributed by atoms with E-state index in [4.69, 9.17) is 18.9 Å². The molecule has 212 valence electrons. The van der Waals surface area contributed by atoms with Gasteiger partial charge in [-0.1, -0.05) is 6.07 Å². The van der Waals surface area contributed by atoms with Crippen molar-refractivity contribution in [2.24, 2.45) is 0 Å². The van der Waals surface area contributed by atoms with Crippen LogP contribution in [0, 0.1) is 0 Å². The summed E-state index contributed by atoms with van der Waals surface area (Å²) in [6.45, 7) is 10.9. The van der Waals surface area contributed by atoms with Crippen molar-refractivity contribution in [3.63, 3.8) is 0 Å². The molecule has 0 saturated heterocycles. The molecule has 0 aliphatic carbocycles. The number of carbonyl (C=O) groups excluding carboxylic acids is 4. The number of ketones is 1. The van der Waals surface area contributed by atoms with Crippen molar-refractivity contribution in [2.75, 3.05) is 20.2 Å². The Morgan fingerprint density at radius 2 is 1.67 bits per heavy atom. The van der Waals surface area contributed by atoms with Gasteiger partial charge in [-0.2, -0.15) is 0 Å². The lowest BCUT2D eigenvalue weighted by molar-refractivity contribution is -0.165. The maximum Gasteiger partial charge on any atom is 0.410 e. The molecule has 1 aliphatic heterocycles. The Hall–Kier alpha value is -3.60. The molecular weight excluding hydrogens is 524 g/mol. The Kier molecular flexibility index (Phi) is 9.26. The number of amides is 2. The van der Waals surface area contributed by atoms with Crippen LogP contribution in [0.3, 0.4) is 0 Å². The number of benzene rings is 1. The number of fused-ring (bicyclic) bond motifs is 1. The number of esters is 1. The molecule has 1 aromatic heterocycles. The van der Waals surface area contributed by atoms with Gasteiger partial charge in [0.15, 0.2) is 0 Å².